The molecular formula is C22H33F2N3O3S. The van der Waals surface area contributed by atoms with Crippen LogP contribution in [0.1, 0.15) is 63.4 Å². The van der Waals surface area contributed by atoms with Crippen molar-refractivity contribution < 1.29 is 22.0 Å². The first-order chi connectivity index (χ1) is 14.7. The van der Waals surface area contributed by atoms with Crippen LogP contribution in [-0.4, -0.2) is 61.6 Å². The third-order valence-electron chi connectivity index (χ3n) is 6.56. The number of nitrogens with zero attached hydrogens (tertiary/aromatic N) is 2. The van der Waals surface area contributed by atoms with Gasteiger partial charge in [0, 0.05) is 38.3 Å². The lowest BCUT2D eigenvalue weighted by molar-refractivity contribution is 0.157. The van der Waals surface area contributed by atoms with Crippen LogP contribution >= 0.6 is 0 Å². The molecule has 1 saturated carbocycles. The number of carbonyl (C=O) groups is 1. The minimum atomic E-state index is -3.19. The number of amides is 2. The first-order valence-corrected chi connectivity index (χ1v) is 12.8. The van der Waals surface area contributed by atoms with Gasteiger partial charge in [0.2, 0.25) is 10.0 Å². The fourth-order valence-corrected chi connectivity index (χ4v) is 6.26. The molecule has 0 aromatic heterocycles. The van der Waals surface area contributed by atoms with Gasteiger partial charge in [-0.15, -0.1) is 0 Å². The van der Waals surface area contributed by atoms with Gasteiger partial charge in [-0.05, 0) is 68.6 Å². The number of halogens is 2. The van der Waals surface area contributed by atoms with E-state index in [1.165, 1.54) is 16.4 Å². The maximum atomic E-state index is 13.5. The average molecular weight is 458 g/mol. The number of urea groups is 1. The molecule has 0 bridgehead atoms. The summed E-state index contributed by atoms with van der Waals surface area (Å²) in [6.45, 7) is 2.74. The molecule has 174 valence electrons. The SMILES string of the molecule is CCCS(=O)(=O)N1CCC(N(C)C(=O)N[C@H]2CC[C@H](c3cc(F)cc(F)c3)CC2)CC1. The molecule has 0 spiro atoms. The molecule has 0 unspecified atom stereocenters. The Morgan fingerprint density at radius 3 is 2.19 bits per heavy atom. The van der Waals surface area contributed by atoms with Crippen molar-refractivity contribution >= 4 is 16.1 Å². The Morgan fingerprint density at radius 2 is 1.65 bits per heavy atom. The molecule has 31 heavy (non-hydrogen) atoms. The van der Waals surface area contributed by atoms with E-state index in [0.29, 0.717) is 37.9 Å². The van der Waals surface area contributed by atoms with Gasteiger partial charge in [-0.2, -0.15) is 0 Å². The van der Waals surface area contributed by atoms with Crippen molar-refractivity contribution in [3.63, 3.8) is 0 Å². The van der Waals surface area contributed by atoms with Crippen LogP contribution in [0, 0.1) is 11.6 Å². The van der Waals surface area contributed by atoms with Crippen LogP contribution in [-0.2, 0) is 10.0 Å². The average Bonchev–Trinajstić information content (AvgIpc) is 2.73. The second kappa shape index (κ2) is 10.3. The molecule has 2 amide bonds. The van der Waals surface area contributed by atoms with E-state index >= 15 is 0 Å². The molecule has 1 aliphatic carbocycles. The molecule has 0 atom stereocenters. The molecule has 1 N–H and O–H groups in total. The van der Waals surface area contributed by atoms with Crippen LogP contribution in [0.15, 0.2) is 18.2 Å². The molecule has 6 nitrogen and oxygen atoms in total. The molecular weight excluding hydrogens is 424 g/mol. The first-order valence-electron chi connectivity index (χ1n) is 11.2. The van der Waals surface area contributed by atoms with Crippen molar-refractivity contribution in [2.75, 3.05) is 25.9 Å². The third-order valence-corrected chi connectivity index (χ3v) is 8.63. The second-order valence-corrected chi connectivity index (χ2v) is 10.8. The van der Waals surface area contributed by atoms with E-state index in [4.69, 9.17) is 0 Å². The number of carbonyl (C=O) groups excluding carboxylic acids is 1. The van der Waals surface area contributed by atoms with Gasteiger partial charge in [-0.25, -0.2) is 26.3 Å². The molecule has 9 heteroatoms. The van der Waals surface area contributed by atoms with Crippen molar-refractivity contribution in [2.45, 2.75) is 69.9 Å². The quantitative estimate of drug-likeness (QED) is 0.706. The van der Waals surface area contributed by atoms with Gasteiger partial charge >= 0.3 is 6.03 Å². The van der Waals surface area contributed by atoms with Crippen molar-refractivity contribution in [1.29, 1.82) is 0 Å². The molecule has 1 saturated heterocycles. The van der Waals surface area contributed by atoms with Gasteiger partial charge in [0.15, 0.2) is 0 Å². The van der Waals surface area contributed by atoms with E-state index < -0.39 is 21.7 Å². The summed E-state index contributed by atoms with van der Waals surface area (Å²) in [5, 5.41) is 3.08. The van der Waals surface area contributed by atoms with E-state index in [1.807, 2.05) is 6.92 Å². The Balaban J connectivity index is 1.46. The minimum absolute atomic E-state index is 0.0136. The van der Waals surface area contributed by atoms with Gasteiger partial charge < -0.3 is 10.2 Å². The fourth-order valence-electron chi connectivity index (χ4n) is 4.72. The Bertz CT molecular complexity index is 845. The van der Waals surface area contributed by atoms with Crippen molar-refractivity contribution in [3.8, 4) is 0 Å². The molecule has 0 radical (unpaired) electrons. The number of nitrogens with one attached hydrogen (secondary N) is 1. The molecule has 1 heterocycles. The molecule has 1 aromatic rings. The number of piperidine rings is 1. The number of hydrogen-bond acceptors (Lipinski definition) is 3. The summed E-state index contributed by atoms with van der Waals surface area (Å²) >= 11 is 0. The Kier molecular flexibility index (Phi) is 7.91. The van der Waals surface area contributed by atoms with Crippen molar-refractivity contribution in [2.24, 2.45) is 0 Å². The van der Waals surface area contributed by atoms with E-state index in [2.05, 4.69) is 5.32 Å². The predicted molar refractivity (Wildman–Crippen MR) is 116 cm³/mol. The van der Waals surface area contributed by atoms with Crippen LogP contribution in [0.2, 0.25) is 0 Å². The minimum Gasteiger partial charge on any atom is -0.335 e. The van der Waals surface area contributed by atoms with Crippen molar-refractivity contribution in [1.82, 2.24) is 14.5 Å². The highest BCUT2D eigenvalue weighted by Crippen LogP contribution is 2.33. The molecule has 1 aromatic carbocycles. The zero-order chi connectivity index (χ0) is 22.6. The molecule has 2 aliphatic rings. The first kappa shape index (κ1) is 23.9. The topological polar surface area (TPSA) is 69.7 Å². The zero-order valence-electron chi connectivity index (χ0n) is 18.3. The summed E-state index contributed by atoms with van der Waals surface area (Å²) in [4.78, 5) is 14.4. The largest absolute Gasteiger partial charge is 0.335 e. The molecule has 1 aliphatic heterocycles. The maximum Gasteiger partial charge on any atom is 0.317 e. The van der Waals surface area contributed by atoms with E-state index in [1.54, 1.807) is 11.9 Å². The van der Waals surface area contributed by atoms with E-state index in [0.717, 1.165) is 31.7 Å². The highest BCUT2D eigenvalue weighted by Gasteiger charge is 2.32. The number of benzene rings is 1. The standard InChI is InChI=1S/C22H33F2N3O3S/c1-3-12-31(29,30)27-10-8-21(9-11-27)26(2)22(28)25-20-6-4-16(5-7-20)17-13-18(23)15-19(24)14-17/h13-16,20-21H,3-12H2,1-2H3,(H,25,28)/t16-,20-. The predicted octanol–water partition coefficient (Wildman–Crippen LogP) is 3.84. The number of hydrogen-bond donors (Lipinski definition) is 1. The lowest BCUT2D eigenvalue weighted by atomic mass is 9.81. The van der Waals surface area contributed by atoms with Crippen LogP contribution < -0.4 is 5.32 Å². The summed E-state index contributed by atoms with van der Waals surface area (Å²) < 4.78 is 52.9. The van der Waals surface area contributed by atoms with Gasteiger partial charge in [0.1, 0.15) is 11.6 Å². The van der Waals surface area contributed by atoms with Gasteiger partial charge in [-0.1, -0.05) is 6.92 Å². The summed E-state index contributed by atoms with van der Waals surface area (Å²) in [5.74, 6) is -0.842. The van der Waals surface area contributed by atoms with Crippen LogP contribution in [0.25, 0.3) is 0 Å². The Hall–Kier alpha value is -1.74. The fraction of sp³-hybridized carbons (Fsp3) is 0.682. The van der Waals surface area contributed by atoms with E-state index in [9.17, 15) is 22.0 Å². The normalized spacial score (nSPS) is 23.5. The second-order valence-electron chi connectivity index (χ2n) is 8.76. The lowest BCUT2D eigenvalue weighted by Crippen LogP contribution is -2.52. The summed E-state index contributed by atoms with van der Waals surface area (Å²) in [6.07, 6.45) is 4.92. The zero-order valence-corrected chi connectivity index (χ0v) is 19.1. The van der Waals surface area contributed by atoms with Gasteiger partial charge in [-0.3, -0.25) is 0 Å². The summed E-state index contributed by atoms with van der Waals surface area (Å²) in [7, 11) is -1.43. The third kappa shape index (κ3) is 6.16. The van der Waals surface area contributed by atoms with Crippen LogP contribution in [0.4, 0.5) is 13.6 Å². The number of rotatable bonds is 6. The molecule has 3 rings (SSSR count). The smallest absolute Gasteiger partial charge is 0.317 e. The summed E-state index contributed by atoms with van der Waals surface area (Å²) in [5.41, 5.74) is 0.684. The Labute approximate surface area is 184 Å². The monoisotopic (exact) mass is 457 g/mol. The molecule has 2 fully saturated rings. The van der Waals surface area contributed by atoms with Crippen LogP contribution in [0.3, 0.4) is 0 Å². The number of sulfonamides is 1. The lowest BCUT2D eigenvalue weighted by Gasteiger charge is -2.37. The van der Waals surface area contributed by atoms with Gasteiger partial charge in [0.25, 0.3) is 0 Å². The van der Waals surface area contributed by atoms with Gasteiger partial charge in [0.05, 0.1) is 5.75 Å². The van der Waals surface area contributed by atoms with Crippen molar-refractivity contribution in [3.05, 3.63) is 35.4 Å². The Morgan fingerprint density at radius 1 is 1.06 bits per heavy atom. The van der Waals surface area contributed by atoms with E-state index in [-0.39, 0.29) is 29.8 Å². The van der Waals surface area contributed by atoms with Crippen LogP contribution in [0.5, 0.6) is 0 Å². The highest BCUT2D eigenvalue weighted by atomic mass is 32.2. The maximum absolute atomic E-state index is 13.5. The highest BCUT2D eigenvalue weighted by molar-refractivity contribution is 7.89. The summed E-state index contributed by atoms with van der Waals surface area (Å²) in [6, 6.07) is 3.58.